The van der Waals surface area contributed by atoms with Gasteiger partial charge in [0.1, 0.15) is 0 Å². The van der Waals surface area contributed by atoms with Crippen molar-refractivity contribution >= 4 is 33.4 Å². The SMILES string of the molecule is CNC(=O)C(=O)Nc1ccc(C)cc1Br. The van der Waals surface area contributed by atoms with Gasteiger partial charge in [-0.25, -0.2) is 0 Å². The molecule has 1 aromatic rings. The number of amides is 2. The number of hydrogen-bond donors (Lipinski definition) is 2. The zero-order chi connectivity index (χ0) is 11.4. The van der Waals surface area contributed by atoms with Gasteiger partial charge in [-0.3, -0.25) is 9.59 Å². The first kappa shape index (κ1) is 11.7. The summed E-state index contributed by atoms with van der Waals surface area (Å²) in [4.78, 5) is 22.2. The molecule has 0 bridgehead atoms. The van der Waals surface area contributed by atoms with Gasteiger partial charge in [0, 0.05) is 11.5 Å². The van der Waals surface area contributed by atoms with E-state index in [2.05, 4.69) is 26.6 Å². The third-order valence-corrected chi connectivity index (χ3v) is 2.46. The number of carbonyl (C=O) groups excluding carboxylic acids is 2. The van der Waals surface area contributed by atoms with E-state index < -0.39 is 11.8 Å². The second-order valence-corrected chi connectivity index (χ2v) is 3.87. The van der Waals surface area contributed by atoms with E-state index in [0.717, 1.165) is 10.0 Å². The van der Waals surface area contributed by atoms with Crippen molar-refractivity contribution in [2.45, 2.75) is 6.92 Å². The second-order valence-electron chi connectivity index (χ2n) is 3.02. The molecular formula is C10H11BrN2O2. The summed E-state index contributed by atoms with van der Waals surface area (Å²) in [6.07, 6.45) is 0. The number of halogens is 1. The van der Waals surface area contributed by atoms with Gasteiger partial charge in [0.25, 0.3) is 0 Å². The Balaban J connectivity index is 2.81. The van der Waals surface area contributed by atoms with Gasteiger partial charge < -0.3 is 10.6 Å². The van der Waals surface area contributed by atoms with Crippen molar-refractivity contribution in [2.24, 2.45) is 0 Å². The first-order valence-electron chi connectivity index (χ1n) is 4.34. The summed E-state index contributed by atoms with van der Waals surface area (Å²) in [7, 11) is 1.41. The maximum atomic E-state index is 11.2. The lowest BCUT2D eigenvalue weighted by Crippen LogP contribution is -2.32. The number of aryl methyl sites for hydroxylation is 1. The Bertz CT molecular complexity index is 404. The fourth-order valence-corrected chi connectivity index (χ4v) is 1.61. The van der Waals surface area contributed by atoms with Gasteiger partial charge in [0.2, 0.25) is 0 Å². The highest BCUT2D eigenvalue weighted by molar-refractivity contribution is 9.10. The molecule has 0 aliphatic rings. The fourth-order valence-electron chi connectivity index (χ4n) is 1.01. The molecule has 4 nitrogen and oxygen atoms in total. The van der Waals surface area contributed by atoms with Gasteiger partial charge in [-0.2, -0.15) is 0 Å². The largest absolute Gasteiger partial charge is 0.351 e. The van der Waals surface area contributed by atoms with Crippen LogP contribution in [0.15, 0.2) is 22.7 Å². The van der Waals surface area contributed by atoms with Crippen molar-refractivity contribution < 1.29 is 9.59 Å². The number of nitrogens with one attached hydrogen (secondary N) is 2. The summed E-state index contributed by atoms with van der Waals surface area (Å²) in [6.45, 7) is 1.94. The molecule has 2 N–H and O–H groups in total. The van der Waals surface area contributed by atoms with Gasteiger partial charge in [-0.05, 0) is 40.5 Å². The van der Waals surface area contributed by atoms with Gasteiger partial charge >= 0.3 is 11.8 Å². The van der Waals surface area contributed by atoms with E-state index in [4.69, 9.17) is 0 Å². The third kappa shape index (κ3) is 3.06. The highest BCUT2D eigenvalue weighted by atomic mass is 79.9. The smallest absolute Gasteiger partial charge is 0.313 e. The predicted octanol–water partition coefficient (Wildman–Crippen LogP) is 1.44. The number of rotatable bonds is 1. The zero-order valence-electron chi connectivity index (χ0n) is 8.43. The topological polar surface area (TPSA) is 58.2 Å². The minimum absolute atomic E-state index is 0.578. The molecule has 2 amide bonds. The molecule has 0 atom stereocenters. The highest BCUT2D eigenvalue weighted by Gasteiger charge is 2.12. The van der Waals surface area contributed by atoms with E-state index in [9.17, 15) is 9.59 Å². The van der Waals surface area contributed by atoms with E-state index >= 15 is 0 Å². The molecule has 0 unspecified atom stereocenters. The molecular weight excluding hydrogens is 260 g/mol. The molecule has 5 heteroatoms. The minimum atomic E-state index is -0.679. The molecule has 0 fully saturated rings. The maximum absolute atomic E-state index is 11.2. The van der Waals surface area contributed by atoms with Gasteiger partial charge in [0.15, 0.2) is 0 Å². The lowest BCUT2D eigenvalue weighted by Gasteiger charge is -2.06. The molecule has 0 saturated heterocycles. The standard InChI is InChI=1S/C10H11BrN2O2/c1-6-3-4-8(7(11)5-6)13-10(15)9(14)12-2/h3-5H,1-2H3,(H,12,14)(H,13,15). The fraction of sp³-hybridized carbons (Fsp3) is 0.200. The van der Waals surface area contributed by atoms with Gasteiger partial charge in [-0.15, -0.1) is 0 Å². The Morgan fingerprint density at radius 3 is 2.47 bits per heavy atom. The van der Waals surface area contributed by atoms with Crippen molar-refractivity contribution in [3.05, 3.63) is 28.2 Å². The number of hydrogen-bond acceptors (Lipinski definition) is 2. The molecule has 0 saturated carbocycles. The van der Waals surface area contributed by atoms with Crippen molar-refractivity contribution in [1.82, 2.24) is 5.32 Å². The molecule has 1 rings (SSSR count). The van der Waals surface area contributed by atoms with Crippen molar-refractivity contribution in [1.29, 1.82) is 0 Å². The first-order chi connectivity index (χ1) is 7.04. The average molecular weight is 271 g/mol. The number of likely N-dealkylation sites (N-methyl/N-ethyl adjacent to an activating group) is 1. The number of benzene rings is 1. The Hall–Kier alpha value is -1.36. The summed E-state index contributed by atoms with van der Waals surface area (Å²) < 4.78 is 0.750. The van der Waals surface area contributed by atoms with Crippen LogP contribution in [-0.4, -0.2) is 18.9 Å². The summed E-state index contributed by atoms with van der Waals surface area (Å²) in [5.74, 6) is -1.34. The summed E-state index contributed by atoms with van der Waals surface area (Å²) >= 11 is 3.30. The maximum Gasteiger partial charge on any atom is 0.313 e. The molecule has 0 aliphatic carbocycles. The van der Waals surface area contributed by atoms with Crippen molar-refractivity contribution in [2.75, 3.05) is 12.4 Å². The normalized spacial score (nSPS) is 9.53. The Kier molecular flexibility index (Phi) is 3.85. The third-order valence-electron chi connectivity index (χ3n) is 1.81. The molecule has 0 radical (unpaired) electrons. The van der Waals surface area contributed by atoms with Gasteiger partial charge in [0.05, 0.1) is 5.69 Å². The minimum Gasteiger partial charge on any atom is -0.351 e. The van der Waals surface area contributed by atoms with E-state index in [0.29, 0.717) is 5.69 Å². The van der Waals surface area contributed by atoms with Crippen LogP contribution in [0.25, 0.3) is 0 Å². The van der Waals surface area contributed by atoms with Crippen LogP contribution in [-0.2, 0) is 9.59 Å². The quantitative estimate of drug-likeness (QED) is 0.759. The van der Waals surface area contributed by atoms with Crippen LogP contribution >= 0.6 is 15.9 Å². The molecule has 15 heavy (non-hydrogen) atoms. The van der Waals surface area contributed by atoms with E-state index in [-0.39, 0.29) is 0 Å². The summed E-state index contributed by atoms with van der Waals surface area (Å²) in [5, 5.41) is 4.74. The van der Waals surface area contributed by atoms with E-state index in [1.54, 1.807) is 6.07 Å². The van der Waals surface area contributed by atoms with Crippen molar-refractivity contribution in [3.63, 3.8) is 0 Å². The Morgan fingerprint density at radius 1 is 1.27 bits per heavy atom. The number of carbonyl (C=O) groups is 2. The first-order valence-corrected chi connectivity index (χ1v) is 5.13. The zero-order valence-corrected chi connectivity index (χ0v) is 10.0. The molecule has 0 aliphatic heterocycles. The lowest BCUT2D eigenvalue weighted by molar-refractivity contribution is -0.135. The molecule has 80 valence electrons. The molecule has 0 heterocycles. The van der Waals surface area contributed by atoms with Crippen LogP contribution in [0.5, 0.6) is 0 Å². The van der Waals surface area contributed by atoms with Crippen LogP contribution in [0.3, 0.4) is 0 Å². The summed E-state index contributed by atoms with van der Waals surface area (Å²) in [5.41, 5.74) is 1.65. The predicted molar refractivity (Wildman–Crippen MR) is 61.6 cm³/mol. The molecule has 0 spiro atoms. The highest BCUT2D eigenvalue weighted by Crippen LogP contribution is 2.23. The van der Waals surface area contributed by atoms with Crippen LogP contribution < -0.4 is 10.6 Å². The number of anilines is 1. The van der Waals surface area contributed by atoms with Crippen LogP contribution in [0.1, 0.15) is 5.56 Å². The lowest BCUT2D eigenvalue weighted by atomic mass is 10.2. The van der Waals surface area contributed by atoms with Crippen LogP contribution in [0.2, 0.25) is 0 Å². The monoisotopic (exact) mass is 270 g/mol. The average Bonchev–Trinajstić information content (AvgIpc) is 2.20. The van der Waals surface area contributed by atoms with E-state index in [1.807, 2.05) is 19.1 Å². The molecule has 1 aromatic carbocycles. The van der Waals surface area contributed by atoms with E-state index in [1.165, 1.54) is 7.05 Å². The summed E-state index contributed by atoms with van der Waals surface area (Å²) in [6, 6.07) is 5.45. The molecule has 0 aromatic heterocycles. The van der Waals surface area contributed by atoms with Crippen LogP contribution in [0, 0.1) is 6.92 Å². The van der Waals surface area contributed by atoms with Gasteiger partial charge in [-0.1, -0.05) is 6.07 Å². The van der Waals surface area contributed by atoms with Crippen LogP contribution in [0.4, 0.5) is 5.69 Å². The Morgan fingerprint density at radius 2 is 1.93 bits per heavy atom. The Labute approximate surface area is 96.2 Å². The second kappa shape index (κ2) is 4.93. The van der Waals surface area contributed by atoms with Crippen molar-refractivity contribution in [3.8, 4) is 0 Å².